The van der Waals surface area contributed by atoms with Crippen molar-refractivity contribution in [3.05, 3.63) is 82.8 Å². The first-order valence-electron chi connectivity index (χ1n) is 6.89. The van der Waals surface area contributed by atoms with E-state index in [1.165, 1.54) is 16.4 Å². The second-order valence-electron chi connectivity index (χ2n) is 5.69. The van der Waals surface area contributed by atoms with E-state index in [-0.39, 0.29) is 20.4 Å². The molecular weight excluding hydrogens is 349 g/mol. The van der Waals surface area contributed by atoms with Gasteiger partial charge in [0, 0.05) is 0 Å². The third kappa shape index (κ3) is 5.52. The van der Waals surface area contributed by atoms with Crippen LogP contribution in [0.25, 0.3) is 17.4 Å². The third-order valence-electron chi connectivity index (χ3n) is 3.08. The molecule has 0 fully saturated rings. The first kappa shape index (κ1) is 17.7. The molecule has 0 amide bonds. The molecule has 1 N–H and O–H groups in total. The van der Waals surface area contributed by atoms with Crippen molar-refractivity contribution in [1.82, 2.24) is 0 Å². The summed E-state index contributed by atoms with van der Waals surface area (Å²) < 4.78 is 0. The van der Waals surface area contributed by atoms with Gasteiger partial charge in [0.05, 0.1) is 0 Å². The average Bonchev–Trinajstić information content (AvgIpc) is 2.38. The van der Waals surface area contributed by atoms with Crippen LogP contribution in [0.15, 0.2) is 54.6 Å². The van der Waals surface area contributed by atoms with Crippen LogP contribution in [0, 0.1) is 6.42 Å². The van der Waals surface area contributed by atoms with Crippen molar-refractivity contribution in [2.75, 3.05) is 0 Å². The summed E-state index contributed by atoms with van der Waals surface area (Å²) in [7, 11) is 0. The smallest absolute Gasteiger partial charge is 0.669 e. The van der Waals surface area contributed by atoms with Gasteiger partial charge >= 0.3 is 20.4 Å². The summed E-state index contributed by atoms with van der Waals surface area (Å²) in [6.07, 6.45) is 4.19. The first-order chi connectivity index (χ1) is 9.46. The maximum atomic E-state index is 8.05. The fraction of sp³-hybridized carbons (Fsp3) is 0.211. The van der Waals surface area contributed by atoms with E-state index in [2.05, 4.69) is 37.6 Å². The van der Waals surface area contributed by atoms with Crippen molar-refractivity contribution in [1.29, 1.82) is 0 Å². The molecule has 2 heteroatoms. The Morgan fingerprint density at radius 3 is 2.19 bits per heavy atom. The number of hydrogen-bond acceptors (Lipinski definition) is 0. The second-order valence-corrected chi connectivity index (χ2v) is 5.69. The van der Waals surface area contributed by atoms with Crippen molar-refractivity contribution in [2.45, 2.75) is 26.3 Å². The van der Waals surface area contributed by atoms with E-state index in [0.29, 0.717) is 0 Å². The second kappa shape index (κ2) is 7.62. The quantitative estimate of drug-likeness (QED) is 0.581. The van der Waals surface area contributed by atoms with E-state index in [1.54, 1.807) is 0 Å². The zero-order chi connectivity index (χ0) is 14.6. The molecule has 0 aliphatic heterocycles. The fourth-order valence-corrected chi connectivity index (χ4v) is 2.25. The van der Waals surface area contributed by atoms with Crippen LogP contribution in [0.2, 0.25) is 0 Å². The molecule has 0 unspecified atom stereocenters. The van der Waals surface area contributed by atoms with E-state index in [9.17, 15) is 0 Å². The molecule has 0 saturated carbocycles. The van der Waals surface area contributed by atoms with Gasteiger partial charge in [-0.1, -0.05) is 61.5 Å². The minimum atomic E-state index is -0.566. The summed E-state index contributed by atoms with van der Waals surface area (Å²) in [5.74, 6) is 0. The van der Waals surface area contributed by atoms with Crippen molar-refractivity contribution in [2.24, 2.45) is 0 Å². The van der Waals surface area contributed by atoms with Crippen molar-refractivity contribution < 1.29 is 20.4 Å². The Balaban J connectivity index is 0.00000220. The number of benzene rings is 2. The SMILES string of the molecule is C/C([CH-]c1ccccc1)=c1\cccc\c1=C\C(C)(C)[NH-].[Pd+2]. The van der Waals surface area contributed by atoms with Gasteiger partial charge in [0.25, 0.3) is 0 Å². The molecule has 112 valence electrons. The molecule has 2 aromatic carbocycles. The molecule has 1 nitrogen and oxygen atoms in total. The van der Waals surface area contributed by atoms with E-state index in [0.717, 1.165) is 5.22 Å². The van der Waals surface area contributed by atoms with Crippen LogP contribution >= 0.6 is 0 Å². The molecule has 2 aromatic rings. The number of nitrogens with one attached hydrogen (secondary N) is 1. The molecule has 0 bridgehead atoms. The minimum Gasteiger partial charge on any atom is -0.669 e. The van der Waals surface area contributed by atoms with Gasteiger partial charge in [-0.05, 0) is 0 Å². The van der Waals surface area contributed by atoms with Crippen molar-refractivity contribution >= 4 is 11.6 Å². The summed E-state index contributed by atoms with van der Waals surface area (Å²) >= 11 is 0. The Labute approximate surface area is 141 Å². The van der Waals surface area contributed by atoms with Gasteiger partial charge in [-0.25, -0.2) is 0 Å². The zero-order valence-corrected chi connectivity index (χ0v) is 14.2. The molecule has 0 heterocycles. The fourth-order valence-electron chi connectivity index (χ4n) is 2.25. The topological polar surface area (TPSA) is 23.8 Å². The van der Waals surface area contributed by atoms with Crippen LogP contribution in [-0.2, 0) is 20.4 Å². The van der Waals surface area contributed by atoms with Gasteiger partial charge in [0.15, 0.2) is 0 Å². The largest absolute Gasteiger partial charge is 2.00 e. The number of hydrogen-bond donors (Lipinski definition) is 0. The molecule has 2 rings (SSSR count). The van der Waals surface area contributed by atoms with Crippen LogP contribution in [-0.4, -0.2) is 5.54 Å². The van der Waals surface area contributed by atoms with Gasteiger partial charge in [-0.3, -0.25) is 0 Å². The Kier molecular flexibility index (Phi) is 6.43. The third-order valence-corrected chi connectivity index (χ3v) is 3.08. The summed E-state index contributed by atoms with van der Waals surface area (Å²) in [6.45, 7) is 5.93. The first-order valence-corrected chi connectivity index (χ1v) is 6.89. The predicted octanol–water partition coefficient (Wildman–Crippen LogP) is 3.72. The van der Waals surface area contributed by atoms with Crippen LogP contribution in [0.3, 0.4) is 0 Å². The monoisotopic (exact) mass is 369 g/mol. The molecule has 0 aliphatic carbocycles. The van der Waals surface area contributed by atoms with Crippen LogP contribution in [0.5, 0.6) is 0 Å². The molecular formula is C19H21NPd. The molecule has 0 saturated heterocycles. The summed E-state index contributed by atoms with van der Waals surface area (Å²) in [6, 6.07) is 18.6. The molecule has 21 heavy (non-hydrogen) atoms. The van der Waals surface area contributed by atoms with Gasteiger partial charge in [0.1, 0.15) is 0 Å². The summed E-state index contributed by atoms with van der Waals surface area (Å²) in [5, 5.41) is 2.31. The Hall–Kier alpha value is -1.33. The van der Waals surface area contributed by atoms with Gasteiger partial charge in [0.2, 0.25) is 0 Å². The summed E-state index contributed by atoms with van der Waals surface area (Å²) in [5.41, 5.74) is 9.90. The van der Waals surface area contributed by atoms with E-state index >= 15 is 0 Å². The van der Waals surface area contributed by atoms with Crippen LogP contribution in [0.4, 0.5) is 0 Å². The summed E-state index contributed by atoms with van der Waals surface area (Å²) in [4.78, 5) is 0. The van der Waals surface area contributed by atoms with Crippen LogP contribution < -0.4 is 10.4 Å². The minimum absolute atomic E-state index is 0. The van der Waals surface area contributed by atoms with Crippen molar-refractivity contribution in [3.8, 4) is 0 Å². The molecule has 0 atom stereocenters. The zero-order valence-electron chi connectivity index (χ0n) is 12.7. The average molecular weight is 370 g/mol. The maximum absolute atomic E-state index is 8.05. The Morgan fingerprint density at radius 2 is 1.57 bits per heavy atom. The number of rotatable bonds is 3. The van der Waals surface area contributed by atoms with E-state index in [1.807, 2.05) is 50.3 Å². The molecule has 0 aromatic heterocycles. The molecule has 0 aliphatic rings. The Bertz CT molecular complexity index is 681. The van der Waals surface area contributed by atoms with Crippen molar-refractivity contribution in [3.63, 3.8) is 0 Å². The van der Waals surface area contributed by atoms with Gasteiger partial charge in [-0.2, -0.15) is 0 Å². The Morgan fingerprint density at radius 1 is 1.00 bits per heavy atom. The van der Waals surface area contributed by atoms with Gasteiger partial charge < -0.3 is 5.73 Å². The van der Waals surface area contributed by atoms with Gasteiger partial charge in [-0.15, -0.1) is 53.4 Å². The standard InChI is InChI=1S/C19H21N.Pd/c1-15(13-16-9-5-4-6-10-16)18-12-8-7-11-17(18)14-19(2,3)20;/h4-14,20H,1-3H3;/q-2;+2/b17-14-,18-15-;. The van der Waals surface area contributed by atoms with E-state index < -0.39 is 5.54 Å². The normalized spacial score (nSPS) is 13.4. The van der Waals surface area contributed by atoms with Crippen LogP contribution in [0.1, 0.15) is 26.3 Å². The molecule has 0 spiro atoms. The molecule has 0 radical (unpaired) electrons. The van der Waals surface area contributed by atoms with E-state index in [4.69, 9.17) is 5.73 Å². The predicted molar refractivity (Wildman–Crippen MR) is 87.5 cm³/mol. The maximum Gasteiger partial charge on any atom is 2.00 e.